The van der Waals surface area contributed by atoms with Crippen LogP contribution in [-0.2, 0) is 28.9 Å². The molecule has 0 spiro atoms. The van der Waals surface area contributed by atoms with Crippen molar-refractivity contribution in [3.8, 4) is 0 Å². The Bertz CT molecular complexity index is 1290. The van der Waals surface area contributed by atoms with Gasteiger partial charge >= 0.3 is 0 Å². The van der Waals surface area contributed by atoms with Gasteiger partial charge in [-0.25, -0.2) is 0 Å². The van der Waals surface area contributed by atoms with Gasteiger partial charge in [0.2, 0.25) is 16.9 Å². The van der Waals surface area contributed by atoms with Gasteiger partial charge in [0.05, 0.1) is 18.4 Å². The topological polar surface area (TPSA) is 156 Å². The Morgan fingerprint density at radius 3 is 2.62 bits per heavy atom. The van der Waals surface area contributed by atoms with Gasteiger partial charge in [0, 0.05) is 18.5 Å². The van der Waals surface area contributed by atoms with Gasteiger partial charge in [-0.15, -0.1) is 10.2 Å². The zero-order chi connectivity index (χ0) is 29.0. The number of hydrogen-bond acceptors (Lipinski definition) is 8. The number of aliphatic hydroxyl groups is 1. The second-order valence-electron chi connectivity index (χ2n) is 10.6. The highest BCUT2D eigenvalue weighted by atomic mass is 32.1. The minimum Gasteiger partial charge on any atom is -0.402 e. The average molecular weight is 565 g/mol. The van der Waals surface area contributed by atoms with E-state index in [4.69, 9.17) is 11.5 Å². The van der Waals surface area contributed by atoms with Gasteiger partial charge in [-0.05, 0) is 74.8 Å². The Hall–Kier alpha value is -3.76. The smallest absolute Gasteiger partial charge is 0.230 e. The lowest BCUT2D eigenvalue weighted by Crippen LogP contribution is -2.27. The molecule has 214 valence electrons. The summed E-state index contributed by atoms with van der Waals surface area (Å²) in [6.07, 6.45) is 15.6. The first-order chi connectivity index (χ1) is 19.1. The Morgan fingerprint density at radius 2 is 1.88 bits per heavy atom. The van der Waals surface area contributed by atoms with Crippen molar-refractivity contribution in [3.05, 3.63) is 87.9 Å². The zero-order valence-electron chi connectivity index (χ0n) is 23.3. The molecule has 1 aromatic heterocycles. The minimum atomic E-state index is -0.805. The first-order valence-corrected chi connectivity index (χ1v) is 14.4. The number of nitrogens with two attached hydrogens (primary N) is 2. The summed E-state index contributed by atoms with van der Waals surface area (Å²) in [6, 6.07) is 7.68. The Morgan fingerprint density at radius 1 is 1.07 bits per heavy atom. The normalized spacial score (nSPS) is 14.1. The summed E-state index contributed by atoms with van der Waals surface area (Å²) in [7, 11) is 0. The van der Waals surface area contributed by atoms with Crippen LogP contribution in [0.5, 0.6) is 0 Å². The van der Waals surface area contributed by atoms with Crippen LogP contribution in [0.3, 0.4) is 0 Å². The SMILES string of the molecule is CC(C)(O)Cc1cccc(CC(=O)Nc2nnc(CCCC/C(N)=C/C=C(\N)NC(=O)CC3=CCCC=C3)s2)c1. The van der Waals surface area contributed by atoms with Crippen molar-refractivity contribution in [2.45, 2.75) is 77.2 Å². The average Bonchev–Trinajstić information content (AvgIpc) is 3.32. The lowest BCUT2D eigenvalue weighted by molar-refractivity contribution is -0.119. The van der Waals surface area contributed by atoms with Gasteiger partial charge in [0.25, 0.3) is 0 Å². The van der Waals surface area contributed by atoms with Crippen molar-refractivity contribution in [1.82, 2.24) is 15.5 Å². The molecule has 2 aromatic rings. The molecule has 7 N–H and O–H groups in total. The maximum atomic E-state index is 12.5. The third-order valence-electron chi connectivity index (χ3n) is 6.01. The van der Waals surface area contributed by atoms with E-state index < -0.39 is 5.60 Å². The summed E-state index contributed by atoms with van der Waals surface area (Å²) < 4.78 is 0. The molecule has 0 radical (unpaired) electrons. The van der Waals surface area contributed by atoms with Gasteiger partial charge in [-0.1, -0.05) is 53.8 Å². The summed E-state index contributed by atoms with van der Waals surface area (Å²) in [5, 5.41) is 25.1. The van der Waals surface area contributed by atoms with Crippen molar-refractivity contribution >= 4 is 28.3 Å². The Kier molecular flexibility index (Phi) is 11.6. The molecule has 0 saturated carbocycles. The van der Waals surface area contributed by atoms with E-state index in [1.165, 1.54) is 11.3 Å². The third-order valence-corrected chi connectivity index (χ3v) is 6.91. The first kappa shape index (κ1) is 30.8. The van der Waals surface area contributed by atoms with Crippen molar-refractivity contribution in [2.75, 3.05) is 5.32 Å². The Balaban J connectivity index is 1.35. The van der Waals surface area contributed by atoms with Gasteiger partial charge in [-0.3, -0.25) is 9.59 Å². The highest BCUT2D eigenvalue weighted by Gasteiger charge is 2.14. The fourth-order valence-electron chi connectivity index (χ4n) is 4.22. The van der Waals surface area contributed by atoms with E-state index in [1.54, 1.807) is 26.0 Å². The highest BCUT2D eigenvalue weighted by molar-refractivity contribution is 7.15. The number of benzene rings is 1. The van der Waals surface area contributed by atoms with Crippen LogP contribution in [0.25, 0.3) is 0 Å². The van der Waals surface area contributed by atoms with E-state index in [2.05, 4.69) is 33.0 Å². The fraction of sp³-hybridized carbons (Fsp3) is 0.400. The van der Waals surface area contributed by atoms with Crippen LogP contribution in [0, 0.1) is 0 Å². The fourth-order valence-corrected chi connectivity index (χ4v) is 5.02. The molecule has 40 heavy (non-hydrogen) atoms. The molecule has 0 bridgehead atoms. The van der Waals surface area contributed by atoms with Crippen LogP contribution in [0.1, 0.15) is 68.5 Å². The standard InChI is InChI=1S/C30H40N6O3S/c1-30(2,39)20-23-12-8-11-22(17-23)19-27(38)34-29-36-35-28(40-29)14-7-6-13-24(31)15-16-25(32)33-26(37)18-21-9-4-3-5-10-21/h4,8-12,15-17,39H,3,5-7,13-14,18-20,31-32H2,1-2H3,(H,33,37)(H,34,36,38)/b24-15-,25-16+. The monoisotopic (exact) mass is 564 g/mol. The number of anilines is 1. The maximum Gasteiger partial charge on any atom is 0.230 e. The number of carbonyl (C=O) groups is 2. The number of nitrogens with one attached hydrogen (secondary N) is 2. The van der Waals surface area contributed by atoms with E-state index in [-0.39, 0.29) is 24.1 Å². The molecule has 9 nitrogen and oxygen atoms in total. The molecule has 1 heterocycles. The number of nitrogens with zero attached hydrogens (tertiary/aromatic N) is 2. The molecular weight excluding hydrogens is 524 g/mol. The molecular formula is C30H40N6O3S. The number of aromatic nitrogens is 2. The zero-order valence-corrected chi connectivity index (χ0v) is 24.1. The first-order valence-electron chi connectivity index (χ1n) is 13.6. The lowest BCUT2D eigenvalue weighted by Gasteiger charge is -2.17. The van der Waals surface area contributed by atoms with E-state index >= 15 is 0 Å². The quantitative estimate of drug-likeness (QED) is 0.170. The second-order valence-corrected chi connectivity index (χ2v) is 11.7. The van der Waals surface area contributed by atoms with Crippen molar-refractivity contribution in [2.24, 2.45) is 11.5 Å². The van der Waals surface area contributed by atoms with Crippen LogP contribution in [0.15, 0.2) is 71.7 Å². The molecule has 1 aliphatic carbocycles. The molecule has 0 unspecified atom stereocenters. The Labute approximate surface area is 240 Å². The number of amides is 2. The summed E-state index contributed by atoms with van der Waals surface area (Å²) >= 11 is 1.37. The van der Waals surface area contributed by atoms with Crippen LogP contribution < -0.4 is 22.1 Å². The van der Waals surface area contributed by atoms with E-state index in [9.17, 15) is 14.7 Å². The number of allylic oxidation sites excluding steroid dienone is 6. The van der Waals surface area contributed by atoms with Crippen molar-refractivity contribution < 1.29 is 14.7 Å². The highest BCUT2D eigenvalue weighted by Crippen LogP contribution is 2.19. The molecule has 0 saturated heterocycles. The van der Waals surface area contributed by atoms with Crippen molar-refractivity contribution in [3.63, 3.8) is 0 Å². The van der Waals surface area contributed by atoms with Crippen molar-refractivity contribution in [1.29, 1.82) is 0 Å². The number of rotatable bonds is 14. The molecule has 1 aliphatic rings. The van der Waals surface area contributed by atoms with Crippen LogP contribution in [-0.4, -0.2) is 32.7 Å². The molecule has 1 aromatic carbocycles. The molecule has 0 atom stereocenters. The lowest BCUT2D eigenvalue weighted by atomic mass is 9.97. The van der Waals surface area contributed by atoms with Gasteiger partial charge in [0.1, 0.15) is 10.8 Å². The number of hydrogen-bond donors (Lipinski definition) is 5. The predicted octanol–water partition coefficient (Wildman–Crippen LogP) is 4.17. The minimum absolute atomic E-state index is 0.150. The van der Waals surface area contributed by atoms with E-state index in [1.807, 2.05) is 30.3 Å². The van der Waals surface area contributed by atoms with Gasteiger partial charge in [-0.2, -0.15) is 0 Å². The molecule has 3 rings (SSSR count). The largest absolute Gasteiger partial charge is 0.402 e. The van der Waals surface area contributed by atoms with Gasteiger partial charge < -0.3 is 27.2 Å². The van der Waals surface area contributed by atoms with Gasteiger partial charge in [0.15, 0.2) is 0 Å². The number of carbonyl (C=O) groups excluding carboxylic acids is 2. The summed E-state index contributed by atoms with van der Waals surface area (Å²) in [6.45, 7) is 3.52. The maximum absolute atomic E-state index is 12.5. The summed E-state index contributed by atoms with van der Waals surface area (Å²) in [5.74, 6) is -0.0476. The second kappa shape index (κ2) is 15.1. The number of aryl methyl sites for hydroxylation is 1. The molecule has 0 fully saturated rings. The van der Waals surface area contributed by atoms with E-state index in [0.29, 0.717) is 30.1 Å². The molecule has 0 aliphatic heterocycles. The molecule has 10 heteroatoms. The van der Waals surface area contributed by atoms with E-state index in [0.717, 1.165) is 53.8 Å². The predicted molar refractivity (Wildman–Crippen MR) is 160 cm³/mol. The molecule has 2 amide bonds. The van der Waals surface area contributed by atoms with Crippen LogP contribution in [0.4, 0.5) is 5.13 Å². The summed E-state index contributed by atoms with van der Waals surface area (Å²) in [4.78, 5) is 24.6. The summed E-state index contributed by atoms with van der Waals surface area (Å²) in [5.41, 5.74) is 14.7. The number of unbranched alkanes of at least 4 members (excludes halogenated alkanes) is 1. The van der Waals surface area contributed by atoms with Crippen LogP contribution in [0.2, 0.25) is 0 Å². The third kappa shape index (κ3) is 12.0. The van der Waals surface area contributed by atoms with Crippen LogP contribution >= 0.6 is 11.3 Å².